The second-order valence-electron chi connectivity index (χ2n) is 2.48. The molecule has 4 N–H and O–H groups in total. The van der Waals surface area contributed by atoms with Gasteiger partial charge >= 0.3 is 17.9 Å². The van der Waals surface area contributed by atoms with Crippen LogP contribution in [0.4, 0.5) is 0 Å². The molecular formula is C6H10Cl2O7. The summed E-state index contributed by atoms with van der Waals surface area (Å²) in [6.45, 7) is 0. The summed E-state index contributed by atoms with van der Waals surface area (Å²) in [5.74, 6) is -5.02. The Hall–Kier alpha value is -1.05. The second-order valence-corrected chi connectivity index (χ2v) is 2.48. The molecule has 0 heterocycles. The van der Waals surface area contributed by atoms with E-state index in [1.807, 2.05) is 0 Å². The molecule has 0 amide bonds. The van der Waals surface area contributed by atoms with Crippen molar-refractivity contribution in [3.8, 4) is 0 Å². The fourth-order valence-corrected chi connectivity index (χ4v) is 0.714. The predicted molar refractivity (Wildman–Crippen MR) is 51.6 cm³/mol. The quantitative estimate of drug-likeness (QED) is 0.531. The lowest BCUT2D eigenvalue weighted by atomic mass is 9.96. The van der Waals surface area contributed by atoms with Gasteiger partial charge in [0.15, 0.2) is 5.60 Å². The molecule has 0 rings (SSSR count). The third-order valence-corrected chi connectivity index (χ3v) is 1.29. The van der Waals surface area contributed by atoms with Crippen LogP contribution in [0.3, 0.4) is 0 Å². The number of carboxylic acid groups (broad SMARTS) is 3. The van der Waals surface area contributed by atoms with Crippen molar-refractivity contribution >= 4 is 42.7 Å². The number of halogens is 2. The molecule has 0 fully saturated rings. The Morgan fingerprint density at radius 2 is 1.13 bits per heavy atom. The minimum atomic E-state index is -2.74. The summed E-state index contributed by atoms with van der Waals surface area (Å²) in [4.78, 5) is 30.5. The number of hydrogen-bond donors (Lipinski definition) is 4. The highest BCUT2D eigenvalue weighted by atomic mass is 35.5. The van der Waals surface area contributed by atoms with E-state index in [2.05, 4.69) is 0 Å². The van der Waals surface area contributed by atoms with Crippen molar-refractivity contribution < 1.29 is 34.8 Å². The summed E-state index contributed by atoms with van der Waals surface area (Å²) in [6.07, 6.45) is -2.29. The monoisotopic (exact) mass is 264 g/mol. The molecule has 0 saturated carbocycles. The average molecular weight is 265 g/mol. The molecular weight excluding hydrogens is 255 g/mol. The Balaban J connectivity index is -0.000000720. The van der Waals surface area contributed by atoms with Crippen molar-refractivity contribution in [2.75, 3.05) is 0 Å². The van der Waals surface area contributed by atoms with E-state index in [1.165, 1.54) is 0 Å². The number of rotatable bonds is 5. The van der Waals surface area contributed by atoms with Crippen LogP contribution in [0.1, 0.15) is 12.8 Å². The Morgan fingerprint density at radius 1 is 0.867 bits per heavy atom. The zero-order valence-electron chi connectivity index (χ0n) is 7.24. The Labute approximate surface area is 96.5 Å². The molecule has 0 saturated heterocycles. The lowest BCUT2D eigenvalue weighted by Crippen LogP contribution is -2.42. The molecule has 0 unspecified atom stereocenters. The molecule has 7 nitrogen and oxygen atoms in total. The van der Waals surface area contributed by atoms with Gasteiger partial charge in [0.25, 0.3) is 0 Å². The van der Waals surface area contributed by atoms with Gasteiger partial charge in [0, 0.05) is 0 Å². The van der Waals surface area contributed by atoms with Gasteiger partial charge in [0.05, 0.1) is 12.8 Å². The molecule has 15 heavy (non-hydrogen) atoms. The molecule has 0 aliphatic rings. The minimum Gasteiger partial charge on any atom is -0.481 e. The number of hydrogen-bond acceptors (Lipinski definition) is 4. The van der Waals surface area contributed by atoms with Crippen molar-refractivity contribution in [2.45, 2.75) is 18.4 Å². The zero-order chi connectivity index (χ0) is 10.6. The van der Waals surface area contributed by atoms with Crippen LogP contribution in [0.25, 0.3) is 0 Å². The van der Waals surface area contributed by atoms with Crippen LogP contribution < -0.4 is 0 Å². The zero-order valence-corrected chi connectivity index (χ0v) is 8.88. The molecule has 0 bridgehead atoms. The average Bonchev–Trinajstić information content (AvgIpc) is 1.82. The van der Waals surface area contributed by atoms with E-state index in [1.54, 1.807) is 0 Å². The van der Waals surface area contributed by atoms with E-state index in [0.717, 1.165) is 0 Å². The maximum absolute atomic E-state index is 10.3. The highest BCUT2D eigenvalue weighted by Gasteiger charge is 2.40. The number of aliphatic carboxylic acids is 3. The summed E-state index contributed by atoms with van der Waals surface area (Å²) in [5.41, 5.74) is -2.74. The van der Waals surface area contributed by atoms with Crippen molar-refractivity contribution in [3.63, 3.8) is 0 Å². The van der Waals surface area contributed by atoms with Gasteiger partial charge in [-0.15, -0.1) is 24.8 Å². The summed E-state index contributed by atoms with van der Waals surface area (Å²) >= 11 is 0. The fourth-order valence-electron chi connectivity index (χ4n) is 0.714. The Kier molecular flexibility index (Phi) is 9.46. The molecule has 0 aromatic rings. The van der Waals surface area contributed by atoms with E-state index >= 15 is 0 Å². The number of aliphatic hydroxyl groups is 1. The topological polar surface area (TPSA) is 132 Å². The van der Waals surface area contributed by atoms with E-state index in [0.29, 0.717) is 0 Å². The highest BCUT2D eigenvalue weighted by molar-refractivity contribution is 5.88. The van der Waals surface area contributed by atoms with Crippen LogP contribution in [0.2, 0.25) is 0 Å². The highest BCUT2D eigenvalue weighted by Crippen LogP contribution is 2.15. The first-order chi connectivity index (χ1) is 5.78. The third kappa shape index (κ3) is 6.95. The molecule has 0 spiro atoms. The van der Waals surface area contributed by atoms with Gasteiger partial charge in [0.1, 0.15) is 0 Å². The minimum absolute atomic E-state index is 0. The van der Waals surface area contributed by atoms with Gasteiger partial charge < -0.3 is 20.4 Å². The predicted octanol–water partition coefficient (Wildman–Crippen LogP) is -0.405. The van der Waals surface area contributed by atoms with E-state index < -0.39 is 36.4 Å². The van der Waals surface area contributed by atoms with Crippen LogP contribution in [-0.4, -0.2) is 43.9 Å². The lowest BCUT2D eigenvalue weighted by Gasteiger charge is -2.18. The largest absolute Gasteiger partial charge is 0.481 e. The van der Waals surface area contributed by atoms with Crippen LogP contribution in [0.5, 0.6) is 0 Å². The van der Waals surface area contributed by atoms with Gasteiger partial charge in [-0.3, -0.25) is 9.59 Å². The first-order valence-electron chi connectivity index (χ1n) is 3.17. The van der Waals surface area contributed by atoms with Crippen LogP contribution >= 0.6 is 24.8 Å². The van der Waals surface area contributed by atoms with Gasteiger partial charge in [-0.05, 0) is 0 Å². The number of carbonyl (C=O) groups is 3. The first-order valence-corrected chi connectivity index (χ1v) is 3.17. The van der Waals surface area contributed by atoms with Crippen molar-refractivity contribution in [1.82, 2.24) is 0 Å². The molecule has 9 heteroatoms. The smallest absolute Gasteiger partial charge is 0.336 e. The molecule has 0 atom stereocenters. The molecule has 0 aliphatic heterocycles. The van der Waals surface area contributed by atoms with Gasteiger partial charge in [0.2, 0.25) is 0 Å². The SMILES string of the molecule is Cl.Cl.O=C(O)CC(O)(CC(=O)O)C(=O)O. The fraction of sp³-hybridized carbons (Fsp3) is 0.500. The second kappa shape index (κ2) is 7.27. The molecule has 0 aliphatic carbocycles. The Bertz CT molecular complexity index is 236. The van der Waals surface area contributed by atoms with Gasteiger partial charge in [-0.2, -0.15) is 0 Å². The molecule has 0 aromatic heterocycles. The first kappa shape index (κ1) is 19.5. The van der Waals surface area contributed by atoms with Gasteiger partial charge in [-0.25, -0.2) is 4.79 Å². The standard InChI is InChI=1S/C6H8O7.2ClH/c7-3(8)1-6(13,5(11)12)2-4(9)10;;/h13H,1-2H2,(H,7,8)(H,9,10)(H,11,12);2*1H. The lowest BCUT2D eigenvalue weighted by molar-refractivity contribution is -0.170. The molecule has 0 aromatic carbocycles. The summed E-state index contributed by atoms with van der Waals surface area (Å²) in [5, 5.41) is 33.8. The maximum Gasteiger partial charge on any atom is 0.336 e. The van der Waals surface area contributed by atoms with E-state index in [-0.39, 0.29) is 24.8 Å². The summed E-state index contributed by atoms with van der Waals surface area (Å²) < 4.78 is 0. The maximum atomic E-state index is 10.3. The van der Waals surface area contributed by atoms with Gasteiger partial charge in [-0.1, -0.05) is 0 Å². The van der Waals surface area contributed by atoms with Crippen LogP contribution in [0.15, 0.2) is 0 Å². The van der Waals surface area contributed by atoms with Crippen molar-refractivity contribution in [3.05, 3.63) is 0 Å². The van der Waals surface area contributed by atoms with Crippen molar-refractivity contribution in [2.24, 2.45) is 0 Å². The summed E-state index contributed by atoms with van der Waals surface area (Å²) in [6, 6.07) is 0. The van der Waals surface area contributed by atoms with E-state index in [4.69, 9.17) is 20.4 Å². The normalized spacial score (nSPS) is 9.40. The van der Waals surface area contributed by atoms with Crippen LogP contribution in [-0.2, 0) is 14.4 Å². The van der Waals surface area contributed by atoms with E-state index in [9.17, 15) is 14.4 Å². The van der Waals surface area contributed by atoms with Crippen LogP contribution in [0, 0.1) is 0 Å². The summed E-state index contributed by atoms with van der Waals surface area (Å²) in [7, 11) is 0. The number of carboxylic acids is 3. The Morgan fingerprint density at radius 3 is 1.27 bits per heavy atom. The third-order valence-electron chi connectivity index (χ3n) is 1.29. The molecule has 0 radical (unpaired) electrons. The molecule has 90 valence electrons. The van der Waals surface area contributed by atoms with Crippen molar-refractivity contribution in [1.29, 1.82) is 0 Å².